The normalized spacial score (nSPS) is 9.62. The van der Waals surface area contributed by atoms with Gasteiger partial charge in [-0.1, -0.05) is 0 Å². The molecule has 4 N–H and O–H groups in total. The van der Waals surface area contributed by atoms with Gasteiger partial charge in [0, 0.05) is 0 Å². The highest BCUT2D eigenvalue weighted by Crippen LogP contribution is 2.33. The fourth-order valence-electron chi connectivity index (χ4n) is 0.660. The lowest BCUT2D eigenvalue weighted by Crippen LogP contribution is -1.74. The van der Waals surface area contributed by atoms with Crippen LogP contribution >= 0.6 is 0 Å². The SMILES string of the molecule is Cc1oc(C)c(O)c1O.O=S(O)O. The molecule has 0 saturated heterocycles. The molecule has 0 unspecified atom stereocenters. The van der Waals surface area contributed by atoms with Gasteiger partial charge in [-0.3, -0.25) is 9.11 Å². The van der Waals surface area contributed by atoms with E-state index in [1.807, 2.05) is 0 Å². The van der Waals surface area contributed by atoms with Gasteiger partial charge in [0.15, 0.2) is 11.5 Å². The molecule has 76 valence electrons. The molecule has 0 atom stereocenters. The zero-order valence-corrected chi connectivity index (χ0v) is 7.83. The Kier molecular flexibility index (Phi) is 4.46. The van der Waals surface area contributed by atoms with Crippen LogP contribution in [-0.2, 0) is 11.4 Å². The maximum absolute atomic E-state index is 8.88. The minimum absolute atomic E-state index is 0.160. The summed E-state index contributed by atoms with van der Waals surface area (Å²) >= 11 is -2.61. The van der Waals surface area contributed by atoms with Crippen LogP contribution in [0.2, 0.25) is 0 Å². The highest BCUT2D eigenvalue weighted by Gasteiger charge is 2.10. The third-order valence-corrected chi connectivity index (χ3v) is 1.20. The molecule has 0 saturated carbocycles. The van der Waals surface area contributed by atoms with Crippen LogP contribution in [0.1, 0.15) is 11.5 Å². The lowest BCUT2D eigenvalue weighted by atomic mass is 10.4. The van der Waals surface area contributed by atoms with Crippen LogP contribution in [0.25, 0.3) is 0 Å². The topological polar surface area (TPSA) is 111 Å². The van der Waals surface area contributed by atoms with Gasteiger partial charge in [0.05, 0.1) is 0 Å². The van der Waals surface area contributed by atoms with Gasteiger partial charge in [-0.15, -0.1) is 0 Å². The van der Waals surface area contributed by atoms with Crippen LogP contribution < -0.4 is 0 Å². The summed E-state index contributed by atoms with van der Waals surface area (Å²) in [5.74, 6) is 0.384. The summed E-state index contributed by atoms with van der Waals surface area (Å²) in [6.45, 7) is 3.17. The lowest BCUT2D eigenvalue weighted by molar-refractivity contribution is 0.403. The fraction of sp³-hybridized carbons (Fsp3) is 0.333. The molecule has 0 aliphatic heterocycles. The van der Waals surface area contributed by atoms with Crippen LogP contribution in [0.5, 0.6) is 11.5 Å². The van der Waals surface area contributed by atoms with Gasteiger partial charge in [-0.05, 0) is 13.8 Å². The van der Waals surface area contributed by atoms with Crippen molar-refractivity contribution in [3.63, 3.8) is 0 Å². The molecule has 0 aliphatic rings. The number of hydrogen-bond acceptors (Lipinski definition) is 4. The van der Waals surface area contributed by atoms with Crippen molar-refractivity contribution in [1.82, 2.24) is 0 Å². The molecule has 1 rings (SSSR count). The first-order valence-electron chi connectivity index (χ1n) is 3.14. The third kappa shape index (κ3) is 3.92. The van der Waals surface area contributed by atoms with E-state index in [-0.39, 0.29) is 11.5 Å². The largest absolute Gasteiger partial charge is 0.502 e. The molecule has 0 amide bonds. The predicted octanol–water partition coefficient (Wildman–Crippen LogP) is 0.989. The Balaban J connectivity index is 0.000000310. The molecule has 1 aromatic heterocycles. The number of aryl methyl sites for hydroxylation is 2. The van der Waals surface area contributed by atoms with Crippen molar-refractivity contribution < 1.29 is 27.9 Å². The van der Waals surface area contributed by atoms with Crippen LogP contribution in [0.4, 0.5) is 0 Å². The summed E-state index contributed by atoms with van der Waals surface area (Å²) in [4.78, 5) is 0. The zero-order valence-electron chi connectivity index (χ0n) is 7.01. The van der Waals surface area contributed by atoms with E-state index < -0.39 is 11.4 Å². The van der Waals surface area contributed by atoms with Gasteiger partial charge in [0.2, 0.25) is 0 Å². The first-order valence-corrected chi connectivity index (χ1v) is 4.20. The maximum Gasteiger partial charge on any atom is 0.299 e. The van der Waals surface area contributed by atoms with Gasteiger partial charge in [-0.25, -0.2) is 0 Å². The van der Waals surface area contributed by atoms with Crippen molar-refractivity contribution in [1.29, 1.82) is 0 Å². The molecule has 0 spiro atoms. The highest BCUT2D eigenvalue weighted by molar-refractivity contribution is 7.73. The zero-order chi connectivity index (χ0) is 10.6. The van der Waals surface area contributed by atoms with Crippen molar-refractivity contribution in [2.24, 2.45) is 0 Å². The number of aromatic hydroxyl groups is 2. The van der Waals surface area contributed by atoms with Crippen molar-refractivity contribution in [3.8, 4) is 11.5 Å². The number of rotatable bonds is 0. The van der Waals surface area contributed by atoms with Gasteiger partial charge in [-0.2, -0.15) is 4.21 Å². The van der Waals surface area contributed by atoms with E-state index in [1.54, 1.807) is 13.8 Å². The second-order valence-corrected chi connectivity index (χ2v) is 2.60. The number of furan rings is 1. The Hall–Kier alpha value is -1.05. The molecule has 1 heterocycles. The smallest absolute Gasteiger partial charge is 0.299 e. The average molecular weight is 210 g/mol. The standard InChI is InChI=1S/C6H8O3.H2O3S/c1-3-5(7)6(8)4(2)9-3;1-4(2)3/h7-8H,1-2H3;(H2,1,2,3). The van der Waals surface area contributed by atoms with E-state index in [0.717, 1.165) is 0 Å². The molecular weight excluding hydrogens is 200 g/mol. The molecular formula is C6H10O6S. The predicted molar refractivity (Wildman–Crippen MR) is 44.9 cm³/mol. The molecule has 0 radical (unpaired) electrons. The van der Waals surface area contributed by atoms with Gasteiger partial charge >= 0.3 is 0 Å². The van der Waals surface area contributed by atoms with Crippen LogP contribution in [-0.4, -0.2) is 23.5 Å². The molecule has 1 aromatic rings. The van der Waals surface area contributed by atoms with Crippen LogP contribution in [0, 0.1) is 13.8 Å². The molecule has 7 heteroatoms. The Morgan fingerprint density at radius 1 is 1.08 bits per heavy atom. The first-order chi connectivity index (χ1) is 5.86. The van der Waals surface area contributed by atoms with Crippen LogP contribution in [0.3, 0.4) is 0 Å². The van der Waals surface area contributed by atoms with Crippen molar-refractivity contribution >= 4 is 11.4 Å². The second-order valence-electron chi connectivity index (χ2n) is 2.14. The minimum Gasteiger partial charge on any atom is -0.502 e. The van der Waals surface area contributed by atoms with Crippen molar-refractivity contribution in [2.45, 2.75) is 13.8 Å². The average Bonchev–Trinajstić information content (AvgIpc) is 2.17. The summed E-state index contributed by atoms with van der Waals surface area (Å²) in [7, 11) is 0. The van der Waals surface area contributed by atoms with E-state index in [4.69, 9.17) is 27.9 Å². The van der Waals surface area contributed by atoms with Gasteiger partial charge < -0.3 is 14.6 Å². The summed E-state index contributed by atoms with van der Waals surface area (Å²) in [6.07, 6.45) is 0. The molecule has 0 aliphatic carbocycles. The third-order valence-electron chi connectivity index (χ3n) is 1.20. The van der Waals surface area contributed by atoms with E-state index in [2.05, 4.69) is 0 Å². The fourth-order valence-corrected chi connectivity index (χ4v) is 0.660. The van der Waals surface area contributed by atoms with Gasteiger partial charge in [0.25, 0.3) is 11.4 Å². The van der Waals surface area contributed by atoms with E-state index in [0.29, 0.717) is 11.5 Å². The van der Waals surface area contributed by atoms with E-state index in [1.165, 1.54) is 0 Å². The Labute approximate surface area is 76.9 Å². The molecule has 13 heavy (non-hydrogen) atoms. The maximum atomic E-state index is 8.88. The second kappa shape index (κ2) is 4.85. The quantitative estimate of drug-likeness (QED) is 0.475. The summed E-state index contributed by atoms with van der Waals surface area (Å²) < 4.78 is 27.7. The van der Waals surface area contributed by atoms with E-state index in [9.17, 15) is 0 Å². The summed E-state index contributed by atoms with van der Waals surface area (Å²) in [5.41, 5.74) is 0. The van der Waals surface area contributed by atoms with Gasteiger partial charge in [0.1, 0.15) is 11.5 Å². The molecule has 6 nitrogen and oxygen atoms in total. The van der Waals surface area contributed by atoms with Crippen molar-refractivity contribution in [3.05, 3.63) is 11.5 Å². The Morgan fingerprint density at radius 3 is 1.38 bits per heavy atom. The lowest BCUT2D eigenvalue weighted by Gasteiger charge is -1.83. The first kappa shape index (κ1) is 11.9. The Morgan fingerprint density at radius 2 is 1.31 bits per heavy atom. The van der Waals surface area contributed by atoms with E-state index >= 15 is 0 Å². The Bertz CT molecular complexity index is 278. The monoisotopic (exact) mass is 210 g/mol. The highest BCUT2D eigenvalue weighted by atomic mass is 32.2. The van der Waals surface area contributed by atoms with Crippen molar-refractivity contribution in [2.75, 3.05) is 0 Å². The van der Waals surface area contributed by atoms with Crippen LogP contribution in [0.15, 0.2) is 4.42 Å². The number of hydrogen-bond donors (Lipinski definition) is 4. The molecule has 0 aromatic carbocycles. The summed E-state index contributed by atoms with van der Waals surface area (Å²) in [6, 6.07) is 0. The minimum atomic E-state index is -2.61. The molecule has 0 fully saturated rings. The molecule has 0 bridgehead atoms. The summed E-state index contributed by atoms with van der Waals surface area (Å²) in [5, 5.41) is 17.8.